The molecule has 0 amide bonds. The second-order valence-corrected chi connectivity index (χ2v) is 5.50. The highest BCUT2D eigenvalue weighted by Gasteiger charge is 2.28. The van der Waals surface area contributed by atoms with Crippen LogP contribution in [0.3, 0.4) is 0 Å². The van der Waals surface area contributed by atoms with E-state index in [1.165, 1.54) is 44.5 Å². The van der Waals surface area contributed by atoms with Gasteiger partial charge in [-0.25, -0.2) is 0 Å². The lowest BCUT2D eigenvalue weighted by Crippen LogP contribution is -2.36. The number of hydrogen-bond donors (Lipinski definition) is 1. The van der Waals surface area contributed by atoms with Crippen LogP contribution in [0.5, 0.6) is 0 Å². The van der Waals surface area contributed by atoms with E-state index >= 15 is 0 Å². The Hall–Kier alpha value is -0.870. The maximum Gasteiger partial charge on any atom is 0.0522 e. The van der Waals surface area contributed by atoms with Gasteiger partial charge in [0.25, 0.3) is 0 Å². The molecule has 17 heavy (non-hydrogen) atoms. The van der Waals surface area contributed by atoms with E-state index in [4.69, 9.17) is 0 Å². The molecule has 2 aliphatic heterocycles. The highest BCUT2D eigenvalue weighted by molar-refractivity contribution is 5.04. The van der Waals surface area contributed by atoms with E-state index in [1.807, 2.05) is 17.9 Å². The minimum atomic E-state index is 0.747. The molecule has 2 unspecified atom stereocenters. The standard InChI is InChI=1S/C13H22N4/c1-16-9-11(8-14-16)4-6-17-7-5-12-2-3-13(10-17)15-12/h8-9,12-13,15H,2-7,10H2,1H3. The lowest BCUT2D eigenvalue weighted by Gasteiger charge is -2.23. The zero-order chi connectivity index (χ0) is 11.7. The maximum absolute atomic E-state index is 4.22. The second kappa shape index (κ2) is 4.78. The average molecular weight is 234 g/mol. The van der Waals surface area contributed by atoms with Crippen LogP contribution in [-0.2, 0) is 13.5 Å². The normalized spacial score (nSPS) is 29.5. The minimum absolute atomic E-state index is 0.747. The van der Waals surface area contributed by atoms with Crippen molar-refractivity contribution >= 4 is 0 Å². The van der Waals surface area contributed by atoms with Crippen LogP contribution >= 0.6 is 0 Å². The third kappa shape index (κ3) is 2.69. The molecule has 2 aliphatic rings. The first kappa shape index (κ1) is 11.2. The van der Waals surface area contributed by atoms with E-state index in [-0.39, 0.29) is 0 Å². The van der Waals surface area contributed by atoms with Gasteiger partial charge >= 0.3 is 0 Å². The molecule has 2 atom stereocenters. The van der Waals surface area contributed by atoms with Crippen LogP contribution in [0.4, 0.5) is 0 Å². The molecule has 1 N–H and O–H groups in total. The Morgan fingerprint density at radius 2 is 2.24 bits per heavy atom. The Morgan fingerprint density at radius 1 is 1.35 bits per heavy atom. The summed E-state index contributed by atoms with van der Waals surface area (Å²) in [5.41, 5.74) is 1.36. The van der Waals surface area contributed by atoms with Crippen molar-refractivity contribution in [1.82, 2.24) is 20.0 Å². The van der Waals surface area contributed by atoms with Gasteiger partial charge in [0, 0.05) is 38.4 Å². The molecule has 4 nitrogen and oxygen atoms in total. The molecule has 2 saturated heterocycles. The van der Waals surface area contributed by atoms with Crippen molar-refractivity contribution in [2.24, 2.45) is 7.05 Å². The molecule has 2 fully saturated rings. The molecule has 0 saturated carbocycles. The minimum Gasteiger partial charge on any atom is -0.310 e. The first-order chi connectivity index (χ1) is 8.29. The van der Waals surface area contributed by atoms with Crippen molar-refractivity contribution in [3.05, 3.63) is 18.0 Å². The summed E-state index contributed by atoms with van der Waals surface area (Å²) in [6.45, 7) is 3.67. The first-order valence-corrected chi connectivity index (χ1v) is 6.75. The Bertz CT molecular complexity index is 373. The Labute approximate surface area is 103 Å². The Kier molecular flexibility index (Phi) is 3.16. The fourth-order valence-electron chi connectivity index (χ4n) is 3.11. The van der Waals surface area contributed by atoms with Crippen LogP contribution in [0, 0.1) is 0 Å². The van der Waals surface area contributed by atoms with Crippen molar-refractivity contribution in [2.45, 2.75) is 37.8 Å². The SMILES string of the molecule is Cn1cc(CCN2CCC3CCC(C2)N3)cn1. The zero-order valence-corrected chi connectivity index (χ0v) is 10.6. The third-order valence-corrected chi connectivity index (χ3v) is 4.08. The largest absolute Gasteiger partial charge is 0.310 e. The van der Waals surface area contributed by atoms with E-state index in [1.54, 1.807) is 0 Å². The summed E-state index contributed by atoms with van der Waals surface area (Å²) in [5.74, 6) is 0. The van der Waals surface area contributed by atoms with E-state index < -0.39 is 0 Å². The summed E-state index contributed by atoms with van der Waals surface area (Å²) >= 11 is 0. The summed E-state index contributed by atoms with van der Waals surface area (Å²) in [6.07, 6.45) is 9.33. The van der Waals surface area contributed by atoms with Crippen molar-refractivity contribution in [3.63, 3.8) is 0 Å². The highest BCUT2D eigenvalue weighted by atomic mass is 15.2. The molecule has 3 rings (SSSR count). The van der Waals surface area contributed by atoms with Gasteiger partial charge in [-0.3, -0.25) is 4.68 Å². The molecule has 1 aromatic rings. The number of aryl methyl sites for hydroxylation is 1. The third-order valence-electron chi connectivity index (χ3n) is 4.08. The van der Waals surface area contributed by atoms with E-state index in [0.717, 1.165) is 18.5 Å². The van der Waals surface area contributed by atoms with Crippen LogP contribution < -0.4 is 5.32 Å². The number of nitrogens with zero attached hydrogens (tertiary/aromatic N) is 3. The molecule has 3 heterocycles. The van der Waals surface area contributed by atoms with Gasteiger partial charge < -0.3 is 10.2 Å². The smallest absolute Gasteiger partial charge is 0.0522 e. The number of aromatic nitrogens is 2. The van der Waals surface area contributed by atoms with Crippen molar-refractivity contribution < 1.29 is 0 Å². The maximum atomic E-state index is 4.22. The molecule has 0 aliphatic carbocycles. The molecular weight excluding hydrogens is 212 g/mol. The molecular formula is C13H22N4. The number of likely N-dealkylation sites (tertiary alicyclic amines) is 1. The van der Waals surface area contributed by atoms with Gasteiger partial charge in [-0.15, -0.1) is 0 Å². The second-order valence-electron chi connectivity index (χ2n) is 5.50. The topological polar surface area (TPSA) is 33.1 Å². The summed E-state index contributed by atoms with van der Waals surface area (Å²) in [4.78, 5) is 2.61. The van der Waals surface area contributed by atoms with E-state index in [0.29, 0.717) is 0 Å². The molecule has 94 valence electrons. The molecule has 2 bridgehead atoms. The Morgan fingerprint density at radius 3 is 3.06 bits per heavy atom. The number of hydrogen-bond acceptors (Lipinski definition) is 3. The summed E-state index contributed by atoms with van der Waals surface area (Å²) in [7, 11) is 1.98. The molecule has 0 radical (unpaired) electrons. The molecule has 0 aromatic carbocycles. The lowest BCUT2D eigenvalue weighted by molar-refractivity contribution is 0.262. The predicted molar refractivity (Wildman–Crippen MR) is 67.9 cm³/mol. The van der Waals surface area contributed by atoms with Crippen LogP contribution in [-0.4, -0.2) is 46.4 Å². The average Bonchev–Trinajstić information content (AvgIpc) is 2.84. The van der Waals surface area contributed by atoms with Gasteiger partial charge in [0.2, 0.25) is 0 Å². The number of rotatable bonds is 3. The van der Waals surface area contributed by atoms with Gasteiger partial charge in [0.15, 0.2) is 0 Å². The first-order valence-electron chi connectivity index (χ1n) is 6.75. The number of nitrogens with one attached hydrogen (secondary N) is 1. The monoisotopic (exact) mass is 234 g/mol. The van der Waals surface area contributed by atoms with Crippen LogP contribution in [0.15, 0.2) is 12.4 Å². The summed E-state index contributed by atoms with van der Waals surface area (Å²) in [6, 6.07) is 1.54. The quantitative estimate of drug-likeness (QED) is 0.839. The van der Waals surface area contributed by atoms with Crippen molar-refractivity contribution in [3.8, 4) is 0 Å². The van der Waals surface area contributed by atoms with Crippen LogP contribution in [0.25, 0.3) is 0 Å². The van der Waals surface area contributed by atoms with Gasteiger partial charge in [-0.05, 0) is 37.8 Å². The number of fused-ring (bicyclic) bond motifs is 2. The highest BCUT2D eigenvalue weighted by Crippen LogP contribution is 2.20. The molecule has 1 aromatic heterocycles. The summed E-state index contributed by atoms with van der Waals surface area (Å²) < 4.78 is 1.89. The predicted octanol–water partition coefficient (Wildman–Crippen LogP) is 0.789. The fraction of sp³-hybridized carbons (Fsp3) is 0.769. The van der Waals surface area contributed by atoms with Gasteiger partial charge in [0.1, 0.15) is 0 Å². The van der Waals surface area contributed by atoms with Gasteiger partial charge in [-0.1, -0.05) is 0 Å². The van der Waals surface area contributed by atoms with Gasteiger partial charge in [-0.2, -0.15) is 5.10 Å². The van der Waals surface area contributed by atoms with Crippen LogP contribution in [0.2, 0.25) is 0 Å². The zero-order valence-electron chi connectivity index (χ0n) is 10.6. The van der Waals surface area contributed by atoms with Gasteiger partial charge in [0.05, 0.1) is 6.20 Å². The summed E-state index contributed by atoms with van der Waals surface area (Å²) in [5, 5.41) is 7.95. The van der Waals surface area contributed by atoms with E-state index in [9.17, 15) is 0 Å². The van der Waals surface area contributed by atoms with E-state index in [2.05, 4.69) is 21.5 Å². The fourth-order valence-corrected chi connectivity index (χ4v) is 3.11. The van der Waals surface area contributed by atoms with Crippen molar-refractivity contribution in [1.29, 1.82) is 0 Å². The van der Waals surface area contributed by atoms with Crippen LogP contribution in [0.1, 0.15) is 24.8 Å². The Balaban J connectivity index is 1.51. The molecule has 4 heteroatoms. The molecule has 0 spiro atoms. The lowest BCUT2D eigenvalue weighted by atomic mass is 10.1. The van der Waals surface area contributed by atoms with Crippen molar-refractivity contribution in [2.75, 3.05) is 19.6 Å².